The Morgan fingerprint density at radius 3 is 2.62 bits per heavy atom. The van der Waals surface area contributed by atoms with Gasteiger partial charge in [-0.05, 0) is 6.07 Å². The van der Waals surface area contributed by atoms with E-state index in [0.717, 1.165) is 37.7 Å². The Morgan fingerprint density at radius 2 is 1.96 bits per heavy atom. The van der Waals surface area contributed by atoms with Crippen LogP contribution in [-0.2, 0) is 16.0 Å². The minimum atomic E-state index is -0.317. The largest absolute Gasteiger partial charge is 0.469 e. The molecule has 24 heavy (non-hydrogen) atoms. The topological polar surface area (TPSA) is 91.4 Å². The summed E-state index contributed by atoms with van der Waals surface area (Å²) >= 11 is 0. The molecule has 0 atom stereocenters. The van der Waals surface area contributed by atoms with Crippen molar-refractivity contribution < 1.29 is 9.53 Å². The Labute approximate surface area is 139 Å². The van der Waals surface area contributed by atoms with Gasteiger partial charge in [0, 0.05) is 44.5 Å². The number of ether oxygens (including phenoxy) is 1. The zero-order valence-corrected chi connectivity index (χ0v) is 13.4. The standard InChI is InChI=1S/C16H19N5O3/c1-24-16(23)9-12-8-14(19-11-18-12)21-6-4-20(5-7-21)13-2-3-15(22)17-10-13/h2-3,8,10-11H,4-7,9H2,1H3,(H,17,22). The van der Waals surface area contributed by atoms with Crippen LogP contribution in [0.25, 0.3) is 0 Å². The third-order valence-electron chi connectivity index (χ3n) is 4.00. The Morgan fingerprint density at radius 1 is 1.21 bits per heavy atom. The van der Waals surface area contributed by atoms with Gasteiger partial charge in [-0.25, -0.2) is 9.97 Å². The molecule has 0 saturated carbocycles. The Hall–Kier alpha value is -2.90. The number of anilines is 2. The van der Waals surface area contributed by atoms with Gasteiger partial charge in [0.15, 0.2) is 0 Å². The molecule has 2 aromatic heterocycles. The summed E-state index contributed by atoms with van der Waals surface area (Å²) in [6, 6.07) is 5.19. The fourth-order valence-corrected chi connectivity index (χ4v) is 2.67. The molecule has 0 unspecified atom stereocenters. The van der Waals surface area contributed by atoms with E-state index in [1.165, 1.54) is 19.5 Å². The monoisotopic (exact) mass is 329 g/mol. The summed E-state index contributed by atoms with van der Waals surface area (Å²) < 4.78 is 4.67. The first-order valence-electron chi connectivity index (χ1n) is 7.72. The molecule has 1 aliphatic heterocycles. The van der Waals surface area contributed by atoms with Gasteiger partial charge in [-0.1, -0.05) is 0 Å². The number of rotatable bonds is 4. The van der Waals surface area contributed by atoms with Gasteiger partial charge in [-0.2, -0.15) is 0 Å². The van der Waals surface area contributed by atoms with Crippen molar-refractivity contribution in [1.29, 1.82) is 0 Å². The number of methoxy groups -OCH3 is 1. The van der Waals surface area contributed by atoms with Crippen molar-refractivity contribution in [2.45, 2.75) is 6.42 Å². The molecule has 0 aromatic carbocycles. The van der Waals surface area contributed by atoms with E-state index in [9.17, 15) is 9.59 Å². The minimum Gasteiger partial charge on any atom is -0.469 e. The molecule has 2 aromatic rings. The number of pyridine rings is 1. The molecule has 1 fully saturated rings. The third kappa shape index (κ3) is 3.70. The van der Waals surface area contributed by atoms with Crippen LogP contribution in [0.4, 0.5) is 11.5 Å². The number of nitrogens with one attached hydrogen (secondary N) is 1. The number of carbonyl (C=O) groups is 1. The van der Waals surface area contributed by atoms with E-state index in [-0.39, 0.29) is 17.9 Å². The summed E-state index contributed by atoms with van der Waals surface area (Å²) in [7, 11) is 1.36. The maximum atomic E-state index is 11.4. The second kappa shape index (κ2) is 7.12. The summed E-state index contributed by atoms with van der Waals surface area (Å²) in [4.78, 5) is 38.0. The van der Waals surface area contributed by atoms with Crippen molar-refractivity contribution in [1.82, 2.24) is 15.0 Å². The number of hydrogen-bond acceptors (Lipinski definition) is 7. The second-order valence-electron chi connectivity index (χ2n) is 5.51. The normalized spacial score (nSPS) is 14.5. The molecule has 126 valence electrons. The Kier molecular flexibility index (Phi) is 4.74. The molecule has 3 rings (SSSR count). The molecule has 8 nitrogen and oxygen atoms in total. The molecule has 0 spiro atoms. The van der Waals surface area contributed by atoms with Crippen molar-refractivity contribution in [2.75, 3.05) is 43.1 Å². The van der Waals surface area contributed by atoms with Crippen molar-refractivity contribution in [3.8, 4) is 0 Å². The van der Waals surface area contributed by atoms with Crippen molar-refractivity contribution in [3.05, 3.63) is 46.8 Å². The number of H-pyrrole nitrogens is 1. The highest BCUT2D eigenvalue weighted by Gasteiger charge is 2.19. The molecule has 0 radical (unpaired) electrons. The van der Waals surface area contributed by atoms with Crippen LogP contribution in [0.1, 0.15) is 5.69 Å². The molecule has 0 aliphatic carbocycles. The number of aromatic nitrogens is 3. The number of carbonyl (C=O) groups excluding carboxylic acids is 1. The van der Waals surface area contributed by atoms with E-state index in [4.69, 9.17) is 0 Å². The van der Waals surface area contributed by atoms with E-state index in [1.807, 2.05) is 12.1 Å². The van der Waals surface area contributed by atoms with Crippen molar-refractivity contribution in [2.24, 2.45) is 0 Å². The first-order chi connectivity index (χ1) is 11.7. The van der Waals surface area contributed by atoms with Gasteiger partial charge < -0.3 is 19.5 Å². The lowest BCUT2D eigenvalue weighted by Crippen LogP contribution is -2.47. The zero-order valence-electron chi connectivity index (χ0n) is 13.4. The van der Waals surface area contributed by atoms with E-state index in [1.54, 1.807) is 6.20 Å². The van der Waals surface area contributed by atoms with Crippen LogP contribution in [0.3, 0.4) is 0 Å². The van der Waals surface area contributed by atoms with Crippen molar-refractivity contribution >= 4 is 17.5 Å². The van der Waals surface area contributed by atoms with Gasteiger partial charge in [0.1, 0.15) is 12.1 Å². The first kappa shape index (κ1) is 16.0. The summed E-state index contributed by atoms with van der Waals surface area (Å²) in [5.41, 5.74) is 1.55. The molecule has 0 bridgehead atoms. The van der Waals surface area contributed by atoms with Crippen LogP contribution < -0.4 is 15.4 Å². The lowest BCUT2D eigenvalue weighted by Gasteiger charge is -2.36. The molecule has 0 amide bonds. The van der Waals surface area contributed by atoms with Gasteiger partial charge in [0.05, 0.1) is 24.9 Å². The van der Waals surface area contributed by atoms with E-state index in [0.29, 0.717) is 5.69 Å². The van der Waals surface area contributed by atoms with Gasteiger partial charge in [0.2, 0.25) is 5.56 Å². The van der Waals surface area contributed by atoms with Gasteiger partial charge in [0.25, 0.3) is 0 Å². The predicted octanol–water partition coefficient (Wildman–Crippen LogP) is 0.207. The van der Waals surface area contributed by atoms with Crippen LogP contribution in [0, 0.1) is 0 Å². The molecular weight excluding hydrogens is 310 g/mol. The molecule has 1 saturated heterocycles. The second-order valence-corrected chi connectivity index (χ2v) is 5.51. The summed E-state index contributed by atoms with van der Waals surface area (Å²) in [6.45, 7) is 3.24. The van der Waals surface area contributed by atoms with E-state index >= 15 is 0 Å². The van der Waals surface area contributed by atoms with E-state index in [2.05, 4.69) is 29.5 Å². The highest BCUT2D eigenvalue weighted by Crippen LogP contribution is 2.18. The number of aromatic amines is 1. The maximum absolute atomic E-state index is 11.4. The van der Waals surface area contributed by atoms with Crippen LogP contribution in [-0.4, -0.2) is 54.2 Å². The molecule has 3 heterocycles. The zero-order chi connectivity index (χ0) is 16.9. The van der Waals surface area contributed by atoms with Crippen LogP contribution in [0.2, 0.25) is 0 Å². The number of esters is 1. The number of nitrogens with zero attached hydrogens (tertiary/aromatic N) is 4. The summed E-state index contributed by atoms with van der Waals surface area (Å²) in [5, 5.41) is 0. The molecule has 1 N–H and O–H groups in total. The van der Waals surface area contributed by atoms with Gasteiger partial charge >= 0.3 is 5.97 Å². The van der Waals surface area contributed by atoms with Gasteiger partial charge in [-0.15, -0.1) is 0 Å². The summed E-state index contributed by atoms with van der Waals surface area (Å²) in [5.74, 6) is 0.493. The molecule has 1 aliphatic rings. The quantitative estimate of drug-likeness (QED) is 0.802. The number of piperazine rings is 1. The smallest absolute Gasteiger partial charge is 0.311 e. The molecule has 8 heteroatoms. The Bertz CT molecular complexity index is 748. The van der Waals surface area contributed by atoms with Crippen LogP contribution in [0.5, 0.6) is 0 Å². The fourth-order valence-electron chi connectivity index (χ4n) is 2.67. The fraction of sp³-hybridized carbons (Fsp3) is 0.375. The lowest BCUT2D eigenvalue weighted by molar-refractivity contribution is -0.139. The van der Waals surface area contributed by atoms with Crippen LogP contribution in [0.15, 0.2) is 35.5 Å². The number of hydrogen-bond donors (Lipinski definition) is 1. The summed E-state index contributed by atoms with van der Waals surface area (Å²) in [6.07, 6.45) is 3.35. The third-order valence-corrected chi connectivity index (χ3v) is 4.00. The highest BCUT2D eigenvalue weighted by atomic mass is 16.5. The van der Waals surface area contributed by atoms with Crippen LogP contribution >= 0.6 is 0 Å². The van der Waals surface area contributed by atoms with Crippen molar-refractivity contribution in [3.63, 3.8) is 0 Å². The molecular formula is C16H19N5O3. The Balaban J connectivity index is 1.64. The predicted molar refractivity (Wildman–Crippen MR) is 89.2 cm³/mol. The van der Waals surface area contributed by atoms with E-state index < -0.39 is 0 Å². The first-order valence-corrected chi connectivity index (χ1v) is 7.72. The maximum Gasteiger partial charge on any atom is 0.311 e. The SMILES string of the molecule is COC(=O)Cc1cc(N2CCN(c3ccc(=O)[nH]c3)CC2)ncn1. The lowest BCUT2D eigenvalue weighted by atomic mass is 10.2. The average molecular weight is 329 g/mol. The highest BCUT2D eigenvalue weighted by molar-refractivity contribution is 5.72. The van der Waals surface area contributed by atoms with Gasteiger partial charge in [-0.3, -0.25) is 9.59 Å². The minimum absolute atomic E-state index is 0.100. The average Bonchev–Trinajstić information content (AvgIpc) is 2.63.